The summed E-state index contributed by atoms with van der Waals surface area (Å²) in [6.45, 7) is 0. The van der Waals surface area contributed by atoms with Crippen molar-refractivity contribution in [3.63, 3.8) is 0 Å². The van der Waals surface area contributed by atoms with E-state index in [9.17, 15) is 0 Å². The molecule has 60 valence electrons. The molecule has 0 radical (unpaired) electrons. The molecule has 0 aromatic heterocycles. The third-order valence-electron chi connectivity index (χ3n) is 1.11. The van der Waals surface area contributed by atoms with E-state index < -0.39 is 0 Å². The summed E-state index contributed by atoms with van der Waals surface area (Å²) in [7, 11) is 0.178. The molecule has 0 aliphatic carbocycles. The van der Waals surface area contributed by atoms with E-state index >= 15 is 0 Å². The highest BCUT2D eigenvalue weighted by Crippen LogP contribution is 1.83. The summed E-state index contributed by atoms with van der Waals surface area (Å²) in [6.07, 6.45) is 0. The monoisotopic (exact) mass is 230 g/mol. The Hall–Kier alpha value is 0.884. The molecule has 1 aliphatic heterocycles. The van der Waals surface area contributed by atoms with Gasteiger partial charge in [0.1, 0.15) is 0 Å². The Balaban J connectivity index is 2.00. The molecule has 0 unspecified atom stereocenters. The van der Waals surface area contributed by atoms with Crippen LogP contribution in [0.3, 0.4) is 0 Å². The maximum absolute atomic E-state index is 4.76. The van der Waals surface area contributed by atoms with Crippen molar-refractivity contribution in [2.75, 3.05) is 0 Å². The van der Waals surface area contributed by atoms with Gasteiger partial charge in [-0.25, -0.2) is 0 Å². The van der Waals surface area contributed by atoms with Crippen LogP contribution in [0, 0.1) is 0 Å². The highest BCUT2D eigenvalue weighted by Gasteiger charge is 2.00. The second kappa shape index (κ2) is 6.59. The highest BCUT2D eigenvalue weighted by atomic mass is 29.8. The minimum Gasteiger partial charge on any atom is -0.267 e. The van der Waals surface area contributed by atoms with E-state index in [1.807, 2.05) is 0 Å². The van der Waals surface area contributed by atoms with Crippen molar-refractivity contribution in [2.45, 2.75) is 0 Å². The Bertz CT molecular complexity index is 43.2. The van der Waals surface area contributed by atoms with Crippen molar-refractivity contribution in [2.24, 2.45) is 0 Å². The average molecular weight is 231 g/mol. The molecule has 0 bridgehead atoms. The zero-order valence-electron chi connectivity index (χ0n) is 5.58. The fourth-order valence-electron chi connectivity index (χ4n) is 0.617. The molecule has 5 nitrogen and oxygen atoms in total. The smallest absolute Gasteiger partial charge is 0.190 e. The molecule has 0 amide bonds. The molecule has 1 saturated heterocycles. The molecule has 0 aromatic carbocycles. The molecule has 0 spiro atoms. The van der Waals surface area contributed by atoms with E-state index in [-0.39, 0.29) is 35.7 Å². The van der Waals surface area contributed by atoms with Crippen LogP contribution >= 0.6 is 0 Å². The van der Waals surface area contributed by atoms with Crippen LogP contribution in [-0.4, -0.2) is 44.2 Å². The van der Waals surface area contributed by atoms with Crippen LogP contribution in [0.2, 0.25) is 0 Å². The third-order valence-corrected chi connectivity index (χ3v) is 50.1. The maximum atomic E-state index is 4.76. The van der Waals surface area contributed by atoms with E-state index in [1.165, 1.54) is 0 Å². The van der Waals surface area contributed by atoms with Gasteiger partial charge in [0.2, 0.25) is 0 Å². The van der Waals surface area contributed by atoms with Crippen LogP contribution < -0.4 is 0 Å². The zero-order chi connectivity index (χ0) is 7.07. The molecule has 0 saturated carbocycles. The molecule has 1 rings (SSSR count). The van der Waals surface area contributed by atoms with Crippen LogP contribution in [0.5, 0.6) is 0 Å². The topological polar surface area (TPSA) is 46.2 Å². The van der Waals surface area contributed by atoms with Gasteiger partial charge in [-0.15, -0.1) is 0 Å². The van der Waals surface area contributed by atoms with E-state index in [1.54, 1.807) is 0 Å². The molecule has 0 N–H and O–H groups in total. The summed E-state index contributed by atoms with van der Waals surface area (Å²) >= 11 is 0. The molecule has 1 fully saturated rings. The number of rotatable bonds is 0. The van der Waals surface area contributed by atoms with Gasteiger partial charge in [0.05, 0.1) is 0 Å². The zero-order valence-corrected chi connectivity index (χ0v) is 12.6. The van der Waals surface area contributed by atoms with Gasteiger partial charge >= 0.3 is 0 Å². The fraction of sp³-hybridized carbons (Fsp3) is 0. The Morgan fingerprint density at radius 2 is 1.20 bits per heavy atom. The van der Waals surface area contributed by atoms with Crippen molar-refractivity contribution in [1.82, 2.24) is 0 Å². The molecular weight excluding hydrogens is 220 g/mol. The minimum absolute atomic E-state index is 0.225. The van der Waals surface area contributed by atoms with Crippen LogP contribution in [0.25, 0.3) is 0 Å². The molecule has 1 heterocycles. The lowest BCUT2D eigenvalue weighted by Gasteiger charge is -2.03. The van der Waals surface area contributed by atoms with Gasteiger partial charge in [-0.1, -0.05) is 0 Å². The normalized spacial score (nSPS) is 36.0. The lowest BCUT2D eigenvalue weighted by atomic mass is 14.3. The minimum atomic E-state index is -0.311. The van der Waals surface area contributed by atoms with Gasteiger partial charge in [-0.3, -0.25) is 9.15 Å². The lowest BCUT2D eigenvalue weighted by molar-refractivity contribution is -0.675. The average Bonchev–Trinajstić information content (AvgIpc) is 2.01. The third kappa shape index (κ3) is 4.66. The SMILES string of the molecule is O1OO[SiH2][SiH2][SiH2][SiH2][SiH2]OO1. The summed E-state index contributed by atoms with van der Waals surface area (Å²) < 4.78 is 9.51. The first-order chi connectivity index (χ1) is 5.00. The van der Waals surface area contributed by atoms with E-state index in [0.29, 0.717) is 8.55 Å². The summed E-state index contributed by atoms with van der Waals surface area (Å²) in [5, 5.41) is 12.5. The van der Waals surface area contributed by atoms with Gasteiger partial charge in [0.25, 0.3) is 0 Å². The van der Waals surface area contributed by atoms with Crippen molar-refractivity contribution in [3.05, 3.63) is 0 Å². The molecule has 0 atom stereocenters. The van der Waals surface area contributed by atoms with Crippen molar-refractivity contribution < 1.29 is 24.3 Å². The fourth-order valence-corrected chi connectivity index (χ4v) is 63.4. The first kappa shape index (κ1) is 8.98. The van der Waals surface area contributed by atoms with Gasteiger partial charge < -0.3 is 0 Å². The largest absolute Gasteiger partial charge is 0.267 e. The summed E-state index contributed by atoms with van der Waals surface area (Å²) in [5.41, 5.74) is 0. The predicted molar refractivity (Wildman–Crippen MR) is 48.1 cm³/mol. The van der Waals surface area contributed by atoms with Crippen molar-refractivity contribution in [3.8, 4) is 0 Å². The van der Waals surface area contributed by atoms with Crippen LogP contribution in [-0.2, 0) is 24.3 Å². The Kier molecular flexibility index (Phi) is 5.91. The quantitative estimate of drug-likeness (QED) is 0.308. The summed E-state index contributed by atoms with van der Waals surface area (Å²) in [5.74, 6) is 0. The van der Waals surface area contributed by atoms with E-state index in [4.69, 9.17) is 9.15 Å². The maximum Gasteiger partial charge on any atom is 0.190 e. The highest BCUT2D eigenvalue weighted by molar-refractivity contribution is 7.52. The van der Waals surface area contributed by atoms with E-state index in [0.717, 1.165) is 0 Å². The number of hydrogen-bond donors (Lipinski definition) is 0. The van der Waals surface area contributed by atoms with E-state index in [2.05, 4.69) is 15.1 Å². The molecular formula is H10O5Si5. The Labute approximate surface area is 68.9 Å². The van der Waals surface area contributed by atoms with Gasteiger partial charge in [-0.2, -0.15) is 0 Å². The number of hydrogen-bond acceptors (Lipinski definition) is 5. The van der Waals surface area contributed by atoms with Crippen LogP contribution in [0.1, 0.15) is 0 Å². The van der Waals surface area contributed by atoms with Crippen molar-refractivity contribution in [1.29, 1.82) is 0 Å². The first-order valence-electron chi connectivity index (χ1n) is 3.24. The molecule has 10 heteroatoms. The van der Waals surface area contributed by atoms with Crippen LogP contribution in [0.15, 0.2) is 0 Å². The Morgan fingerprint density at radius 1 is 0.600 bits per heavy atom. The molecule has 0 aromatic rings. The van der Waals surface area contributed by atoms with Crippen molar-refractivity contribution >= 4 is 44.2 Å². The van der Waals surface area contributed by atoms with Gasteiger partial charge in [0, 0.05) is 17.1 Å². The standard InChI is InChI=1S/H10O5Si5/c1-2-4-6-8-10-9-7-5-3-1/h6-10H2. The second-order valence-corrected chi connectivity index (χ2v) is 33.2. The summed E-state index contributed by atoms with van der Waals surface area (Å²) in [4.78, 5) is 0. The summed E-state index contributed by atoms with van der Waals surface area (Å²) in [6, 6.07) is 0. The Morgan fingerprint density at radius 3 is 1.80 bits per heavy atom. The van der Waals surface area contributed by atoms with Gasteiger partial charge in [-0.05, 0) is 23.7 Å². The van der Waals surface area contributed by atoms with Gasteiger partial charge in [0.15, 0.2) is 18.6 Å². The van der Waals surface area contributed by atoms with Crippen LogP contribution in [0.4, 0.5) is 0 Å². The lowest BCUT2D eigenvalue weighted by Crippen LogP contribution is -2.27. The second-order valence-electron chi connectivity index (χ2n) is 1.91. The molecule has 1 aliphatic rings. The predicted octanol–water partition coefficient (Wildman–Crippen LogP) is -4.92. The molecule has 10 heavy (non-hydrogen) atoms. The first-order valence-corrected chi connectivity index (χ1v) is 20.4.